The van der Waals surface area contributed by atoms with Crippen molar-refractivity contribution >= 4 is 22.8 Å². The molecule has 136 valence electrons. The van der Waals surface area contributed by atoms with E-state index in [4.69, 9.17) is 9.97 Å². The van der Waals surface area contributed by atoms with E-state index >= 15 is 0 Å². The van der Waals surface area contributed by atoms with E-state index in [0.717, 1.165) is 47.9 Å². The van der Waals surface area contributed by atoms with E-state index in [1.165, 1.54) is 18.6 Å². The Kier molecular flexibility index (Phi) is 4.44. The van der Waals surface area contributed by atoms with Crippen LogP contribution in [0, 0.1) is 11.7 Å². The molecule has 1 saturated heterocycles. The molecule has 1 unspecified atom stereocenters. The quantitative estimate of drug-likeness (QED) is 0.763. The first-order chi connectivity index (χ1) is 12.6. The third kappa shape index (κ3) is 3.34. The van der Waals surface area contributed by atoms with E-state index in [1.54, 1.807) is 10.9 Å². The van der Waals surface area contributed by atoms with Crippen molar-refractivity contribution in [1.82, 2.24) is 19.7 Å². The molecule has 1 atom stereocenters. The van der Waals surface area contributed by atoms with E-state index in [-0.39, 0.29) is 5.82 Å². The number of hydrogen-bond acceptors (Lipinski definition) is 5. The molecule has 26 heavy (non-hydrogen) atoms. The lowest BCUT2D eigenvalue weighted by Crippen LogP contribution is -2.22. The fourth-order valence-corrected chi connectivity index (χ4v) is 3.38. The summed E-state index contributed by atoms with van der Waals surface area (Å²) in [6.45, 7) is 4.94. The molecular formula is C19H23FN6. The minimum Gasteiger partial charge on any atom is -0.369 e. The summed E-state index contributed by atoms with van der Waals surface area (Å²) in [5.41, 5.74) is 1.92. The monoisotopic (exact) mass is 354 g/mol. The summed E-state index contributed by atoms with van der Waals surface area (Å²) in [6.07, 6.45) is 3.76. The smallest absolute Gasteiger partial charge is 0.229 e. The molecule has 1 aliphatic heterocycles. The van der Waals surface area contributed by atoms with Gasteiger partial charge in [0.05, 0.1) is 11.6 Å². The van der Waals surface area contributed by atoms with E-state index in [1.807, 2.05) is 19.2 Å². The Morgan fingerprint density at radius 3 is 2.77 bits per heavy atom. The van der Waals surface area contributed by atoms with Gasteiger partial charge in [-0.05, 0) is 36.5 Å². The second kappa shape index (κ2) is 6.90. The molecular weight excluding hydrogens is 331 g/mol. The van der Waals surface area contributed by atoms with Crippen molar-refractivity contribution < 1.29 is 4.39 Å². The highest BCUT2D eigenvalue weighted by Gasteiger charge is 2.23. The van der Waals surface area contributed by atoms with Crippen LogP contribution in [0.5, 0.6) is 0 Å². The lowest BCUT2D eigenvalue weighted by atomic mass is 10.1. The molecule has 0 radical (unpaired) electrons. The third-order valence-electron chi connectivity index (χ3n) is 4.91. The van der Waals surface area contributed by atoms with Crippen LogP contribution in [-0.4, -0.2) is 39.4 Å². The van der Waals surface area contributed by atoms with Crippen LogP contribution in [0.25, 0.3) is 11.0 Å². The Morgan fingerprint density at radius 2 is 2.04 bits per heavy atom. The average molecular weight is 354 g/mol. The van der Waals surface area contributed by atoms with Gasteiger partial charge in [0, 0.05) is 26.7 Å². The van der Waals surface area contributed by atoms with Crippen LogP contribution in [0.3, 0.4) is 0 Å². The molecule has 3 aromatic rings. The summed E-state index contributed by atoms with van der Waals surface area (Å²) in [4.78, 5) is 11.7. The third-order valence-corrected chi connectivity index (χ3v) is 4.91. The largest absolute Gasteiger partial charge is 0.369 e. The summed E-state index contributed by atoms with van der Waals surface area (Å²) in [6, 6.07) is 6.61. The summed E-state index contributed by atoms with van der Waals surface area (Å²) in [7, 11) is 1.90. The normalized spacial score (nSPS) is 17.2. The van der Waals surface area contributed by atoms with Crippen molar-refractivity contribution in [3.63, 3.8) is 0 Å². The molecule has 0 aliphatic carbocycles. The highest BCUT2D eigenvalue weighted by Crippen LogP contribution is 2.26. The zero-order chi connectivity index (χ0) is 18.1. The van der Waals surface area contributed by atoms with Crippen LogP contribution in [-0.2, 0) is 13.5 Å². The van der Waals surface area contributed by atoms with Gasteiger partial charge in [-0.3, -0.25) is 4.68 Å². The molecule has 1 aromatic carbocycles. The van der Waals surface area contributed by atoms with Crippen molar-refractivity contribution in [2.75, 3.05) is 29.9 Å². The van der Waals surface area contributed by atoms with Gasteiger partial charge < -0.3 is 10.2 Å². The number of fused-ring (bicyclic) bond motifs is 1. The van der Waals surface area contributed by atoms with Crippen molar-refractivity contribution in [2.45, 2.75) is 19.8 Å². The van der Waals surface area contributed by atoms with Gasteiger partial charge in [-0.2, -0.15) is 15.1 Å². The molecule has 0 spiro atoms. The minimum atomic E-state index is -0.209. The Morgan fingerprint density at radius 1 is 1.23 bits per heavy atom. The SMILES string of the molecule is CC1CCN(c2nc(NCCc3ccc(F)cc3)c3cnn(C)c3n2)C1. The Hall–Kier alpha value is -2.70. The van der Waals surface area contributed by atoms with Crippen LogP contribution in [0.1, 0.15) is 18.9 Å². The van der Waals surface area contributed by atoms with E-state index in [9.17, 15) is 4.39 Å². The van der Waals surface area contributed by atoms with Crippen LogP contribution >= 0.6 is 0 Å². The second-order valence-electron chi connectivity index (χ2n) is 7.02. The van der Waals surface area contributed by atoms with Crippen LogP contribution in [0.2, 0.25) is 0 Å². The standard InChI is InChI=1S/C19H23FN6/c1-13-8-10-26(12-13)19-23-17(16-11-22-25(2)18(16)24-19)21-9-7-14-3-5-15(20)6-4-14/h3-6,11,13H,7-10,12H2,1-2H3,(H,21,23,24). The maximum atomic E-state index is 13.0. The minimum absolute atomic E-state index is 0.209. The second-order valence-corrected chi connectivity index (χ2v) is 7.02. The van der Waals surface area contributed by atoms with Crippen LogP contribution in [0.4, 0.5) is 16.2 Å². The Labute approximate surface area is 152 Å². The van der Waals surface area contributed by atoms with Crippen LogP contribution < -0.4 is 10.2 Å². The number of nitrogens with one attached hydrogen (secondary N) is 1. The van der Waals surface area contributed by atoms with Crippen molar-refractivity contribution in [3.8, 4) is 0 Å². The van der Waals surface area contributed by atoms with Crippen molar-refractivity contribution in [1.29, 1.82) is 0 Å². The summed E-state index contributed by atoms with van der Waals surface area (Å²) >= 11 is 0. The fourth-order valence-electron chi connectivity index (χ4n) is 3.38. The molecule has 4 rings (SSSR count). The molecule has 6 nitrogen and oxygen atoms in total. The van der Waals surface area contributed by atoms with Gasteiger partial charge in [0.15, 0.2) is 5.65 Å². The first kappa shape index (κ1) is 16.8. The molecule has 0 bridgehead atoms. The van der Waals surface area contributed by atoms with Gasteiger partial charge in [-0.25, -0.2) is 4.39 Å². The Balaban J connectivity index is 1.55. The van der Waals surface area contributed by atoms with Gasteiger partial charge in [-0.15, -0.1) is 0 Å². The first-order valence-electron chi connectivity index (χ1n) is 9.03. The zero-order valence-electron chi connectivity index (χ0n) is 15.1. The summed E-state index contributed by atoms with van der Waals surface area (Å²) < 4.78 is 14.8. The number of hydrogen-bond donors (Lipinski definition) is 1. The first-order valence-corrected chi connectivity index (χ1v) is 9.03. The molecule has 0 amide bonds. The average Bonchev–Trinajstić information content (AvgIpc) is 3.23. The number of halogens is 1. The van der Waals surface area contributed by atoms with E-state index in [2.05, 4.69) is 22.2 Å². The number of rotatable bonds is 5. The number of nitrogens with zero attached hydrogens (tertiary/aromatic N) is 5. The Bertz CT molecular complexity index is 904. The molecule has 3 heterocycles. The van der Waals surface area contributed by atoms with E-state index in [0.29, 0.717) is 12.5 Å². The van der Waals surface area contributed by atoms with Crippen molar-refractivity contribution in [3.05, 3.63) is 41.8 Å². The highest BCUT2D eigenvalue weighted by molar-refractivity contribution is 5.87. The maximum Gasteiger partial charge on any atom is 0.229 e. The number of benzene rings is 1. The topological polar surface area (TPSA) is 58.9 Å². The van der Waals surface area contributed by atoms with Gasteiger partial charge in [-0.1, -0.05) is 19.1 Å². The summed E-state index contributed by atoms with van der Waals surface area (Å²) in [5, 5.41) is 8.66. The molecule has 1 aliphatic rings. The van der Waals surface area contributed by atoms with Gasteiger partial charge >= 0.3 is 0 Å². The lowest BCUT2D eigenvalue weighted by Gasteiger charge is -2.17. The predicted octanol–water partition coefficient (Wildman–Crippen LogP) is 3.00. The highest BCUT2D eigenvalue weighted by atomic mass is 19.1. The van der Waals surface area contributed by atoms with Gasteiger partial charge in [0.2, 0.25) is 5.95 Å². The molecule has 1 N–H and O–H groups in total. The molecule has 1 fully saturated rings. The number of aryl methyl sites for hydroxylation is 1. The molecule has 7 heteroatoms. The molecule has 2 aromatic heterocycles. The van der Waals surface area contributed by atoms with E-state index < -0.39 is 0 Å². The molecule has 0 saturated carbocycles. The number of aromatic nitrogens is 4. The lowest BCUT2D eigenvalue weighted by molar-refractivity contribution is 0.627. The predicted molar refractivity (Wildman–Crippen MR) is 101 cm³/mol. The van der Waals surface area contributed by atoms with Gasteiger partial charge in [0.25, 0.3) is 0 Å². The van der Waals surface area contributed by atoms with Crippen LogP contribution in [0.15, 0.2) is 30.5 Å². The maximum absolute atomic E-state index is 13.0. The number of anilines is 2. The van der Waals surface area contributed by atoms with Gasteiger partial charge in [0.1, 0.15) is 11.6 Å². The van der Waals surface area contributed by atoms with Crippen molar-refractivity contribution in [2.24, 2.45) is 13.0 Å². The fraction of sp³-hybridized carbons (Fsp3) is 0.421. The zero-order valence-corrected chi connectivity index (χ0v) is 15.1. The summed E-state index contributed by atoms with van der Waals surface area (Å²) in [5.74, 6) is 2.02.